The number of carbonyl (C=O) groups excluding carboxylic acids is 2. The van der Waals surface area contributed by atoms with Crippen LogP contribution in [0.3, 0.4) is 0 Å². The summed E-state index contributed by atoms with van der Waals surface area (Å²) in [6.07, 6.45) is 0. The quantitative estimate of drug-likeness (QED) is 0.606. The fraction of sp³-hybridized carbons (Fsp3) is 0.333. The number of methoxy groups -OCH3 is 1. The number of phosphoric ester groups is 1. The van der Waals surface area contributed by atoms with Crippen molar-refractivity contribution in [2.24, 2.45) is 0 Å². The van der Waals surface area contributed by atoms with E-state index in [9.17, 15) is 14.2 Å². The smallest absolute Gasteiger partial charge is 0.375 e. The van der Waals surface area contributed by atoms with E-state index in [4.69, 9.17) is 4.89 Å². The lowest BCUT2D eigenvalue weighted by molar-refractivity contribution is -0.120. The van der Waals surface area contributed by atoms with Gasteiger partial charge in [-0.05, 0) is 24.3 Å². The van der Waals surface area contributed by atoms with E-state index < -0.39 is 20.3 Å². The van der Waals surface area contributed by atoms with Crippen LogP contribution in [0.25, 0.3) is 0 Å². The minimum atomic E-state index is -4.18. The lowest BCUT2D eigenvalue weighted by atomic mass is 10.2. The van der Waals surface area contributed by atoms with Gasteiger partial charge in [0.15, 0.2) is 0 Å². The van der Waals surface area contributed by atoms with E-state index in [-0.39, 0.29) is 12.5 Å². The fourth-order valence-corrected chi connectivity index (χ4v) is 1.74. The summed E-state index contributed by atoms with van der Waals surface area (Å²) in [6.45, 7) is -0.690. The Hall–Kier alpha value is -1.77. The van der Waals surface area contributed by atoms with Gasteiger partial charge in [0.05, 0.1) is 0 Å². The van der Waals surface area contributed by atoms with E-state index >= 15 is 0 Å². The second kappa shape index (κ2) is 8.62. The number of anilines is 2. The van der Waals surface area contributed by atoms with Crippen molar-refractivity contribution in [1.29, 1.82) is 0 Å². The molecule has 0 aromatic heterocycles. The van der Waals surface area contributed by atoms with Gasteiger partial charge in [0.1, 0.15) is 13.2 Å². The highest BCUT2D eigenvalue weighted by molar-refractivity contribution is 7.47. The van der Waals surface area contributed by atoms with Gasteiger partial charge in [-0.25, -0.2) is 4.57 Å². The SMILES string of the molecule is COCC(=O)Nc1ccc(NC(=O)COP(=O)(O)OC)cc1. The number of amides is 2. The molecule has 0 aliphatic heterocycles. The molecule has 1 rings (SSSR count). The van der Waals surface area contributed by atoms with Crippen molar-refractivity contribution in [1.82, 2.24) is 0 Å². The van der Waals surface area contributed by atoms with Gasteiger partial charge in [0.25, 0.3) is 5.91 Å². The summed E-state index contributed by atoms with van der Waals surface area (Å²) >= 11 is 0. The predicted octanol–water partition coefficient (Wildman–Crippen LogP) is 0.973. The number of benzene rings is 1. The first-order valence-corrected chi connectivity index (χ1v) is 7.57. The number of rotatable bonds is 8. The molecule has 0 aliphatic carbocycles. The third-order valence-electron chi connectivity index (χ3n) is 2.32. The Labute approximate surface area is 127 Å². The number of carbonyl (C=O) groups is 2. The highest BCUT2D eigenvalue weighted by Gasteiger charge is 2.20. The molecule has 1 aromatic carbocycles. The van der Waals surface area contributed by atoms with Gasteiger partial charge in [-0.15, -0.1) is 0 Å². The van der Waals surface area contributed by atoms with Crippen molar-refractivity contribution in [3.05, 3.63) is 24.3 Å². The van der Waals surface area contributed by atoms with Crippen molar-refractivity contribution in [2.45, 2.75) is 0 Å². The molecule has 0 radical (unpaired) electrons. The van der Waals surface area contributed by atoms with Gasteiger partial charge in [-0.1, -0.05) is 0 Å². The molecule has 0 heterocycles. The Kier molecular flexibility index (Phi) is 7.16. The van der Waals surface area contributed by atoms with Gasteiger partial charge >= 0.3 is 7.82 Å². The van der Waals surface area contributed by atoms with Crippen molar-refractivity contribution in [3.63, 3.8) is 0 Å². The number of phosphoric acid groups is 1. The number of hydrogen-bond acceptors (Lipinski definition) is 6. The van der Waals surface area contributed by atoms with Crippen molar-refractivity contribution in [3.8, 4) is 0 Å². The van der Waals surface area contributed by atoms with E-state index in [0.29, 0.717) is 11.4 Å². The van der Waals surface area contributed by atoms with Crippen molar-refractivity contribution in [2.75, 3.05) is 38.1 Å². The lowest BCUT2D eigenvalue weighted by Gasteiger charge is -2.10. The summed E-state index contributed by atoms with van der Waals surface area (Å²) in [7, 11) is -1.78. The third kappa shape index (κ3) is 6.79. The van der Waals surface area contributed by atoms with E-state index in [1.807, 2.05) is 0 Å². The van der Waals surface area contributed by atoms with Crippen LogP contribution in [0.2, 0.25) is 0 Å². The maximum Gasteiger partial charge on any atom is 0.472 e. The summed E-state index contributed by atoms with van der Waals surface area (Å²) in [5.74, 6) is -0.923. The van der Waals surface area contributed by atoms with E-state index in [2.05, 4.69) is 24.4 Å². The van der Waals surface area contributed by atoms with Gasteiger partial charge in [-0.2, -0.15) is 0 Å². The van der Waals surface area contributed by atoms with Crippen molar-refractivity contribution >= 4 is 31.0 Å². The maximum atomic E-state index is 11.5. The number of nitrogens with one attached hydrogen (secondary N) is 2. The first kappa shape index (κ1) is 18.3. The Morgan fingerprint density at radius 3 is 1.91 bits per heavy atom. The second-order valence-electron chi connectivity index (χ2n) is 4.03. The molecule has 2 amide bonds. The average molecular weight is 332 g/mol. The summed E-state index contributed by atoms with van der Waals surface area (Å²) in [5, 5.41) is 5.04. The van der Waals surface area contributed by atoms with Crippen LogP contribution in [0.15, 0.2) is 24.3 Å². The van der Waals surface area contributed by atoms with Crippen LogP contribution >= 0.6 is 7.82 Å². The zero-order valence-corrected chi connectivity index (χ0v) is 13.0. The van der Waals surface area contributed by atoms with Crippen LogP contribution in [0, 0.1) is 0 Å². The standard InChI is InChI=1S/C12H17N2O7P/c1-19-7-11(15)13-9-3-5-10(6-4-9)14-12(16)8-21-22(17,18)20-2/h3-6H,7-8H2,1-2H3,(H,13,15)(H,14,16)(H,17,18). The molecule has 0 saturated heterocycles. The molecule has 0 aliphatic rings. The molecule has 0 bridgehead atoms. The summed E-state index contributed by atoms with van der Waals surface area (Å²) in [6, 6.07) is 6.26. The van der Waals surface area contributed by atoms with Crippen LogP contribution in [-0.2, 0) is 27.9 Å². The highest BCUT2D eigenvalue weighted by atomic mass is 31.2. The molecule has 1 unspecified atom stereocenters. The summed E-state index contributed by atoms with van der Waals surface area (Å²) < 4.78 is 24.3. The molecule has 1 aromatic rings. The third-order valence-corrected chi connectivity index (χ3v) is 3.23. The molecule has 9 nitrogen and oxygen atoms in total. The fourth-order valence-electron chi connectivity index (χ4n) is 1.36. The van der Waals surface area contributed by atoms with Crippen LogP contribution in [0.1, 0.15) is 0 Å². The molecule has 10 heteroatoms. The summed E-state index contributed by atoms with van der Waals surface area (Å²) in [4.78, 5) is 31.8. The average Bonchev–Trinajstić information content (AvgIpc) is 2.48. The zero-order valence-electron chi connectivity index (χ0n) is 12.1. The molecule has 22 heavy (non-hydrogen) atoms. The van der Waals surface area contributed by atoms with Crippen LogP contribution < -0.4 is 10.6 Å². The first-order valence-electron chi connectivity index (χ1n) is 6.08. The van der Waals surface area contributed by atoms with Gasteiger partial charge in [0, 0.05) is 25.6 Å². The Morgan fingerprint density at radius 2 is 1.50 bits per heavy atom. The minimum absolute atomic E-state index is 0.0590. The van der Waals surface area contributed by atoms with Gasteiger partial charge < -0.3 is 20.3 Å². The second-order valence-corrected chi connectivity index (χ2v) is 5.59. The normalized spacial score (nSPS) is 13.2. The Balaban J connectivity index is 2.48. The highest BCUT2D eigenvalue weighted by Crippen LogP contribution is 2.41. The summed E-state index contributed by atoms with van der Waals surface area (Å²) in [5.41, 5.74) is 0.971. The minimum Gasteiger partial charge on any atom is -0.375 e. The predicted molar refractivity (Wildman–Crippen MR) is 78.4 cm³/mol. The van der Waals surface area contributed by atoms with Crippen LogP contribution in [0.5, 0.6) is 0 Å². The topological polar surface area (TPSA) is 123 Å². The van der Waals surface area contributed by atoms with Crippen molar-refractivity contribution < 1.29 is 32.8 Å². The van der Waals surface area contributed by atoms with E-state index in [1.165, 1.54) is 7.11 Å². The van der Waals surface area contributed by atoms with E-state index in [0.717, 1.165) is 7.11 Å². The van der Waals surface area contributed by atoms with E-state index in [1.54, 1.807) is 24.3 Å². The zero-order chi connectivity index (χ0) is 16.6. The first-order chi connectivity index (χ1) is 10.4. The molecular formula is C12H17N2O7P. The van der Waals surface area contributed by atoms with Crippen LogP contribution in [0.4, 0.5) is 11.4 Å². The molecule has 1 atom stereocenters. The Bertz CT molecular complexity index is 561. The number of hydrogen-bond donors (Lipinski definition) is 3. The Morgan fingerprint density at radius 1 is 1.05 bits per heavy atom. The molecule has 3 N–H and O–H groups in total. The van der Waals surface area contributed by atoms with Crippen LogP contribution in [-0.4, -0.2) is 44.1 Å². The molecule has 122 valence electrons. The molecule has 0 spiro atoms. The molecule has 0 saturated carbocycles. The maximum absolute atomic E-state index is 11.5. The monoisotopic (exact) mass is 332 g/mol. The molecule has 0 fully saturated rings. The van der Waals surface area contributed by atoms with Gasteiger partial charge in [-0.3, -0.25) is 18.6 Å². The number of ether oxygens (including phenoxy) is 1. The largest absolute Gasteiger partial charge is 0.472 e. The van der Waals surface area contributed by atoms with Gasteiger partial charge in [0.2, 0.25) is 5.91 Å². The lowest BCUT2D eigenvalue weighted by Crippen LogP contribution is -2.18. The molecular weight excluding hydrogens is 315 g/mol.